The Balaban J connectivity index is 2.63. The van der Waals surface area contributed by atoms with Crippen LogP contribution in [0.2, 0.25) is 0 Å². The zero-order valence-corrected chi connectivity index (χ0v) is 14.8. The molecule has 1 aliphatic heterocycles. The summed E-state index contributed by atoms with van der Waals surface area (Å²) in [6, 6.07) is 0. The van der Waals surface area contributed by atoms with E-state index in [0.717, 1.165) is 43.6 Å². The van der Waals surface area contributed by atoms with E-state index in [4.69, 9.17) is 9.47 Å². The third-order valence-electron chi connectivity index (χ3n) is 3.53. The summed E-state index contributed by atoms with van der Waals surface area (Å²) in [5.74, 6) is -2.89. The lowest BCUT2D eigenvalue weighted by Gasteiger charge is -2.33. The summed E-state index contributed by atoms with van der Waals surface area (Å²) in [7, 11) is 2.38. The van der Waals surface area contributed by atoms with Gasteiger partial charge in [0.15, 0.2) is 6.23 Å². The number of hydrogen-bond donors (Lipinski definition) is 0. The van der Waals surface area contributed by atoms with Crippen LogP contribution in [0.25, 0.3) is 0 Å². The molecule has 9 nitrogen and oxygen atoms in total. The van der Waals surface area contributed by atoms with Crippen LogP contribution < -0.4 is 0 Å². The molecule has 0 N–H and O–H groups in total. The Kier molecular flexibility index (Phi) is 9.70. The Labute approximate surface area is 151 Å². The van der Waals surface area contributed by atoms with Crippen LogP contribution in [0.1, 0.15) is 19.3 Å². The number of rotatable bonds is 8. The third-order valence-corrected chi connectivity index (χ3v) is 3.53. The Morgan fingerprint density at radius 1 is 0.808 bits per heavy atom. The summed E-state index contributed by atoms with van der Waals surface area (Å²) in [5.41, 5.74) is 0. The molecule has 9 heteroatoms. The topological polar surface area (TPSA) is 108 Å². The van der Waals surface area contributed by atoms with Gasteiger partial charge in [-0.1, -0.05) is 6.42 Å². The number of nitrogens with zero attached hydrogens (tertiary/aromatic N) is 1. The van der Waals surface area contributed by atoms with Crippen LogP contribution in [0.3, 0.4) is 0 Å². The second-order valence-corrected chi connectivity index (χ2v) is 5.33. The number of piperidine rings is 1. The molecule has 0 aromatic heterocycles. The SMILES string of the molecule is COC(=O)/C=C/C(=O)OCC(OC(=O)/C=C/C(=O)OC)N1CCCCC1. The normalized spacial score (nSPS) is 16.2. The first-order valence-corrected chi connectivity index (χ1v) is 8.09. The highest BCUT2D eigenvalue weighted by atomic mass is 16.6. The number of carbonyl (C=O) groups is 4. The smallest absolute Gasteiger partial charge is 0.332 e. The molecule has 0 bridgehead atoms. The first-order chi connectivity index (χ1) is 12.5. The van der Waals surface area contributed by atoms with Gasteiger partial charge in [-0.05, 0) is 12.8 Å². The molecule has 0 aliphatic carbocycles. The van der Waals surface area contributed by atoms with E-state index in [2.05, 4.69) is 9.47 Å². The summed E-state index contributed by atoms with van der Waals surface area (Å²) >= 11 is 0. The molecule has 144 valence electrons. The highest BCUT2D eigenvalue weighted by molar-refractivity contribution is 5.92. The van der Waals surface area contributed by atoms with E-state index >= 15 is 0 Å². The maximum atomic E-state index is 11.9. The van der Waals surface area contributed by atoms with E-state index in [0.29, 0.717) is 13.1 Å². The first kappa shape index (κ1) is 21.4. The van der Waals surface area contributed by atoms with Crippen molar-refractivity contribution < 1.29 is 38.1 Å². The summed E-state index contributed by atoms with van der Waals surface area (Å²) in [4.78, 5) is 47.4. The van der Waals surface area contributed by atoms with Crippen LogP contribution in [0.4, 0.5) is 0 Å². The van der Waals surface area contributed by atoms with E-state index in [1.807, 2.05) is 4.90 Å². The predicted molar refractivity (Wildman–Crippen MR) is 88.6 cm³/mol. The van der Waals surface area contributed by atoms with E-state index in [1.165, 1.54) is 14.2 Å². The van der Waals surface area contributed by atoms with Crippen LogP contribution in [-0.2, 0) is 38.1 Å². The number of likely N-dealkylation sites (tertiary alicyclic amines) is 1. The predicted octanol–water partition coefficient (Wildman–Crippen LogP) is 0.343. The molecule has 0 aromatic rings. The van der Waals surface area contributed by atoms with Gasteiger partial charge in [0, 0.05) is 37.4 Å². The fourth-order valence-corrected chi connectivity index (χ4v) is 2.20. The van der Waals surface area contributed by atoms with Gasteiger partial charge in [0.2, 0.25) is 0 Å². The van der Waals surface area contributed by atoms with Crippen LogP contribution in [0.15, 0.2) is 24.3 Å². The van der Waals surface area contributed by atoms with Crippen molar-refractivity contribution in [2.24, 2.45) is 0 Å². The van der Waals surface area contributed by atoms with Gasteiger partial charge >= 0.3 is 23.9 Å². The standard InChI is InChI=1S/C17H23NO8/c1-23-14(19)6-8-16(21)25-12-13(18-10-4-3-5-11-18)26-17(22)9-7-15(20)24-2/h6-9,13H,3-5,10-12H2,1-2H3/b8-6+,9-7+. The second-order valence-electron chi connectivity index (χ2n) is 5.33. The number of carbonyl (C=O) groups excluding carboxylic acids is 4. The van der Waals surface area contributed by atoms with Crippen molar-refractivity contribution in [3.8, 4) is 0 Å². The van der Waals surface area contributed by atoms with Gasteiger partial charge in [-0.15, -0.1) is 0 Å². The molecule has 1 atom stereocenters. The van der Waals surface area contributed by atoms with Gasteiger partial charge in [0.05, 0.1) is 14.2 Å². The fraction of sp³-hybridized carbons (Fsp3) is 0.529. The maximum Gasteiger partial charge on any atom is 0.332 e. The highest BCUT2D eigenvalue weighted by Gasteiger charge is 2.25. The zero-order valence-electron chi connectivity index (χ0n) is 14.8. The monoisotopic (exact) mass is 369 g/mol. The van der Waals surface area contributed by atoms with Crippen molar-refractivity contribution in [2.45, 2.75) is 25.5 Å². The van der Waals surface area contributed by atoms with E-state index in [9.17, 15) is 19.2 Å². The summed E-state index contributed by atoms with van der Waals surface area (Å²) in [6.45, 7) is 1.17. The quantitative estimate of drug-likeness (QED) is 0.340. The van der Waals surface area contributed by atoms with Gasteiger partial charge < -0.3 is 18.9 Å². The Morgan fingerprint density at radius 2 is 1.31 bits per heavy atom. The van der Waals surface area contributed by atoms with E-state index < -0.39 is 30.1 Å². The lowest BCUT2D eigenvalue weighted by molar-refractivity contribution is -0.166. The summed E-state index contributed by atoms with van der Waals surface area (Å²) < 4.78 is 19.1. The molecule has 1 rings (SSSR count). The Morgan fingerprint density at radius 3 is 1.85 bits per heavy atom. The minimum Gasteiger partial charge on any atom is -0.466 e. The average Bonchev–Trinajstić information content (AvgIpc) is 2.67. The Bertz CT molecular complexity index is 563. The highest BCUT2D eigenvalue weighted by Crippen LogP contribution is 2.14. The molecule has 0 spiro atoms. The second kappa shape index (κ2) is 11.8. The van der Waals surface area contributed by atoms with Crippen molar-refractivity contribution in [1.82, 2.24) is 4.90 Å². The van der Waals surface area contributed by atoms with Crippen molar-refractivity contribution in [2.75, 3.05) is 33.9 Å². The molecule has 0 saturated carbocycles. The van der Waals surface area contributed by atoms with Crippen molar-refractivity contribution in [3.05, 3.63) is 24.3 Å². The van der Waals surface area contributed by atoms with Gasteiger partial charge in [-0.3, -0.25) is 4.90 Å². The number of hydrogen-bond acceptors (Lipinski definition) is 9. The zero-order chi connectivity index (χ0) is 19.4. The van der Waals surface area contributed by atoms with Crippen LogP contribution in [0, 0.1) is 0 Å². The molecular formula is C17H23NO8. The fourth-order valence-electron chi connectivity index (χ4n) is 2.20. The largest absolute Gasteiger partial charge is 0.466 e. The van der Waals surface area contributed by atoms with E-state index in [1.54, 1.807) is 0 Å². The van der Waals surface area contributed by atoms with Crippen LogP contribution in [-0.4, -0.2) is 68.9 Å². The minimum absolute atomic E-state index is 0.206. The maximum absolute atomic E-state index is 11.9. The molecule has 0 radical (unpaired) electrons. The molecule has 1 aliphatic rings. The summed E-state index contributed by atoms with van der Waals surface area (Å²) in [5, 5.41) is 0. The third kappa shape index (κ3) is 8.43. The van der Waals surface area contributed by atoms with Gasteiger partial charge in [0.1, 0.15) is 6.61 Å². The summed E-state index contributed by atoms with van der Waals surface area (Å²) in [6.07, 6.45) is 5.90. The Hall–Kier alpha value is -2.68. The molecule has 26 heavy (non-hydrogen) atoms. The van der Waals surface area contributed by atoms with Crippen molar-refractivity contribution in [1.29, 1.82) is 0 Å². The van der Waals surface area contributed by atoms with Crippen molar-refractivity contribution in [3.63, 3.8) is 0 Å². The number of methoxy groups -OCH3 is 2. The average molecular weight is 369 g/mol. The van der Waals surface area contributed by atoms with Gasteiger partial charge in [-0.25, -0.2) is 19.2 Å². The van der Waals surface area contributed by atoms with Crippen molar-refractivity contribution >= 4 is 23.9 Å². The van der Waals surface area contributed by atoms with E-state index in [-0.39, 0.29) is 6.61 Å². The number of ether oxygens (including phenoxy) is 4. The lowest BCUT2D eigenvalue weighted by atomic mass is 10.1. The van der Waals surface area contributed by atoms with Gasteiger partial charge in [-0.2, -0.15) is 0 Å². The molecule has 0 amide bonds. The molecule has 1 heterocycles. The molecular weight excluding hydrogens is 346 g/mol. The lowest BCUT2D eigenvalue weighted by Crippen LogP contribution is -2.44. The van der Waals surface area contributed by atoms with Gasteiger partial charge in [0.25, 0.3) is 0 Å². The molecule has 1 fully saturated rings. The van der Waals surface area contributed by atoms with Crippen LogP contribution >= 0.6 is 0 Å². The molecule has 0 aromatic carbocycles. The minimum atomic E-state index is -0.791. The molecule has 1 unspecified atom stereocenters. The van der Waals surface area contributed by atoms with Crippen LogP contribution in [0.5, 0.6) is 0 Å². The number of esters is 4. The molecule has 1 saturated heterocycles. The first-order valence-electron chi connectivity index (χ1n) is 8.09.